The first-order valence-corrected chi connectivity index (χ1v) is 9.83. The highest BCUT2D eigenvalue weighted by atomic mass is 16.5. The third kappa shape index (κ3) is 2.92. The zero-order chi connectivity index (χ0) is 20.0. The van der Waals surface area contributed by atoms with E-state index in [-0.39, 0.29) is 5.91 Å². The number of ether oxygens (including phenoxy) is 1. The molecule has 0 fully saturated rings. The Kier molecular flexibility index (Phi) is 4.19. The molecule has 6 nitrogen and oxygen atoms in total. The molecule has 0 saturated carbocycles. The van der Waals surface area contributed by atoms with Gasteiger partial charge in [0, 0.05) is 11.1 Å². The van der Waals surface area contributed by atoms with Crippen molar-refractivity contribution < 1.29 is 18.7 Å². The summed E-state index contributed by atoms with van der Waals surface area (Å²) in [5.74, 6) is -0.784. The van der Waals surface area contributed by atoms with Crippen molar-refractivity contribution in [2.24, 2.45) is 0 Å². The van der Waals surface area contributed by atoms with Gasteiger partial charge in [-0.2, -0.15) is 0 Å². The third-order valence-electron chi connectivity index (χ3n) is 5.60. The maximum atomic E-state index is 13.3. The number of esters is 1. The molecule has 0 aliphatic heterocycles. The molecule has 0 spiro atoms. The quantitative estimate of drug-likeness (QED) is 0.482. The number of benzene rings is 2. The Bertz CT molecular complexity index is 1250. The number of carbonyl (C=O) groups excluding carboxylic acids is 2. The minimum absolute atomic E-state index is 0.224. The van der Waals surface area contributed by atoms with E-state index in [9.17, 15) is 9.59 Å². The highest BCUT2D eigenvalue weighted by Gasteiger charge is 2.28. The van der Waals surface area contributed by atoms with Crippen molar-refractivity contribution in [1.82, 2.24) is 9.55 Å². The summed E-state index contributed by atoms with van der Waals surface area (Å²) in [5.41, 5.74) is 4.67. The first-order valence-electron chi connectivity index (χ1n) is 9.83. The van der Waals surface area contributed by atoms with Gasteiger partial charge in [-0.15, -0.1) is 0 Å². The van der Waals surface area contributed by atoms with Crippen molar-refractivity contribution >= 4 is 33.9 Å². The summed E-state index contributed by atoms with van der Waals surface area (Å²) in [7, 11) is 0. The number of aryl methyl sites for hydroxylation is 1. The molecule has 1 aliphatic carbocycles. The van der Waals surface area contributed by atoms with Crippen LogP contribution in [0.5, 0.6) is 0 Å². The fraction of sp³-hybridized carbons (Fsp3) is 0.261. The second kappa shape index (κ2) is 6.88. The lowest BCUT2D eigenvalue weighted by Crippen LogP contribution is -2.30. The number of aromatic nitrogens is 2. The number of para-hydroxylation sites is 1. The highest BCUT2D eigenvalue weighted by Crippen LogP contribution is 2.32. The van der Waals surface area contributed by atoms with E-state index in [1.165, 1.54) is 12.0 Å². The van der Waals surface area contributed by atoms with E-state index in [0.29, 0.717) is 16.7 Å². The van der Waals surface area contributed by atoms with Gasteiger partial charge in [-0.1, -0.05) is 18.2 Å². The summed E-state index contributed by atoms with van der Waals surface area (Å²) in [6.45, 7) is 1.62. The molecule has 1 atom stereocenters. The smallest absolute Gasteiger partial charge is 0.339 e. The van der Waals surface area contributed by atoms with Gasteiger partial charge in [0.15, 0.2) is 18.1 Å². The SMILES string of the molecule is CC(OC(=O)c1ccc2ncoc2c1)C(=O)n1c2c(c3ccccc31)CCCC2. The molecule has 0 N–H and O–H groups in total. The van der Waals surface area contributed by atoms with Crippen LogP contribution in [0.15, 0.2) is 53.3 Å². The predicted molar refractivity (Wildman–Crippen MR) is 108 cm³/mol. The fourth-order valence-corrected chi connectivity index (χ4v) is 4.19. The molecular weight excluding hydrogens is 368 g/mol. The molecule has 1 unspecified atom stereocenters. The van der Waals surface area contributed by atoms with Gasteiger partial charge in [0.1, 0.15) is 5.52 Å². The number of hydrogen-bond acceptors (Lipinski definition) is 5. The largest absolute Gasteiger partial charge is 0.449 e. The highest BCUT2D eigenvalue weighted by molar-refractivity contribution is 6.00. The maximum absolute atomic E-state index is 13.3. The third-order valence-corrected chi connectivity index (χ3v) is 5.60. The van der Waals surface area contributed by atoms with Gasteiger partial charge in [-0.05, 0) is 62.4 Å². The Hall–Kier alpha value is -3.41. The van der Waals surface area contributed by atoms with Crippen LogP contribution < -0.4 is 0 Å². The molecule has 29 heavy (non-hydrogen) atoms. The summed E-state index contributed by atoms with van der Waals surface area (Å²) in [4.78, 5) is 29.9. The van der Waals surface area contributed by atoms with Gasteiger partial charge < -0.3 is 9.15 Å². The lowest BCUT2D eigenvalue weighted by atomic mass is 9.95. The average Bonchev–Trinajstić information content (AvgIpc) is 3.35. The van der Waals surface area contributed by atoms with Crippen molar-refractivity contribution in [3.05, 3.63) is 65.7 Å². The van der Waals surface area contributed by atoms with Crippen LogP contribution in [0.2, 0.25) is 0 Å². The Morgan fingerprint density at radius 1 is 1.14 bits per heavy atom. The molecule has 0 amide bonds. The zero-order valence-corrected chi connectivity index (χ0v) is 16.1. The van der Waals surface area contributed by atoms with Gasteiger partial charge in [0.2, 0.25) is 0 Å². The van der Waals surface area contributed by atoms with Crippen LogP contribution in [0, 0.1) is 0 Å². The molecule has 2 heterocycles. The van der Waals surface area contributed by atoms with Crippen LogP contribution in [0.3, 0.4) is 0 Å². The van der Waals surface area contributed by atoms with Crippen LogP contribution in [-0.2, 0) is 17.6 Å². The van der Waals surface area contributed by atoms with Gasteiger partial charge in [-0.3, -0.25) is 9.36 Å². The van der Waals surface area contributed by atoms with Gasteiger partial charge in [-0.25, -0.2) is 9.78 Å². The van der Waals surface area contributed by atoms with E-state index < -0.39 is 12.1 Å². The summed E-state index contributed by atoms with van der Waals surface area (Å²) >= 11 is 0. The molecular formula is C23H20N2O4. The molecule has 0 saturated heterocycles. The number of hydrogen-bond donors (Lipinski definition) is 0. The van der Waals surface area contributed by atoms with E-state index in [0.717, 1.165) is 42.3 Å². The standard InChI is InChI=1S/C23H20N2O4/c1-14(29-23(27)15-10-11-18-21(12-15)28-13-24-18)22(26)25-19-8-4-2-6-16(19)17-7-3-5-9-20(17)25/h2,4,6,8,10-14H,3,5,7,9H2,1H3. The van der Waals surface area contributed by atoms with Crippen LogP contribution in [0.25, 0.3) is 22.0 Å². The van der Waals surface area contributed by atoms with Gasteiger partial charge in [0.25, 0.3) is 5.91 Å². The summed E-state index contributed by atoms with van der Waals surface area (Å²) < 4.78 is 12.5. The van der Waals surface area contributed by atoms with E-state index in [1.807, 2.05) is 18.2 Å². The first kappa shape index (κ1) is 17.7. The molecule has 0 radical (unpaired) electrons. The number of rotatable bonds is 3. The predicted octanol–water partition coefficient (Wildman–Crippen LogP) is 4.55. The monoisotopic (exact) mass is 388 g/mol. The molecule has 6 heteroatoms. The first-order chi connectivity index (χ1) is 14.1. The number of carbonyl (C=O) groups is 2. The van der Waals surface area contributed by atoms with Crippen molar-refractivity contribution in [1.29, 1.82) is 0 Å². The second-order valence-electron chi connectivity index (χ2n) is 7.41. The number of oxazole rings is 1. The number of fused-ring (bicyclic) bond motifs is 4. The zero-order valence-electron chi connectivity index (χ0n) is 16.1. The molecule has 4 aromatic rings. The molecule has 146 valence electrons. The lowest BCUT2D eigenvalue weighted by molar-refractivity contribution is 0.0285. The van der Waals surface area contributed by atoms with Crippen molar-refractivity contribution in [2.45, 2.75) is 38.7 Å². The molecule has 1 aliphatic rings. The minimum atomic E-state index is -0.908. The Balaban J connectivity index is 1.45. The Labute approximate surface area is 167 Å². The Morgan fingerprint density at radius 2 is 1.97 bits per heavy atom. The summed E-state index contributed by atoms with van der Waals surface area (Å²) in [6, 6.07) is 12.8. The van der Waals surface area contributed by atoms with E-state index in [1.54, 1.807) is 29.7 Å². The Morgan fingerprint density at radius 3 is 2.86 bits per heavy atom. The van der Waals surface area contributed by atoms with Crippen molar-refractivity contribution in [2.75, 3.05) is 0 Å². The number of nitrogens with zero attached hydrogens (tertiary/aromatic N) is 2. The fourth-order valence-electron chi connectivity index (χ4n) is 4.19. The van der Waals surface area contributed by atoms with Gasteiger partial charge >= 0.3 is 5.97 Å². The maximum Gasteiger partial charge on any atom is 0.339 e. The molecule has 2 aromatic carbocycles. The van der Waals surface area contributed by atoms with Crippen molar-refractivity contribution in [3.8, 4) is 0 Å². The summed E-state index contributed by atoms with van der Waals surface area (Å²) in [5, 5.41) is 1.12. The summed E-state index contributed by atoms with van der Waals surface area (Å²) in [6.07, 6.45) is 4.44. The molecule has 0 bridgehead atoms. The average molecular weight is 388 g/mol. The van der Waals surface area contributed by atoms with Crippen LogP contribution in [-0.4, -0.2) is 27.5 Å². The van der Waals surface area contributed by atoms with Crippen molar-refractivity contribution in [3.63, 3.8) is 0 Å². The second-order valence-corrected chi connectivity index (χ2v) is 7.41. The van der Waals surface area contributed by atoms with E-state index >= 15 is 0 Å². The van der Waals surface area contributed by atoms with Crippen LogP contribution in [0.4, 0.5) is 0 Å². The lowest BCUT2D eigenvalue weighted by Gasteiger charge is -2.18. The van der Waals surface area contributed by atoms with Crippen LogP contribution in [0.1, 0.15) is 46.2 Å². The van der Waals surface area contributed by atoms with Gasteiger partial charge in [0.05, 0.1) is 11.1 Å². The normalized spacial score (nSPS) is 14.7. The topological polar surface area (TPSA) is 74.3 Å². The molecule has 2 aromatic heterocycles. The molecule has 5 rings (SSSR count). The van der Waals surface area contributed by atoms with E-state index in [4.69, 9.17) is 9.15 Å². The van der Waals surface area contributed by atoms with E-state index in [2.05, 4.69) is 11.1 Å². The van der Waals surface area contributed by atoms with Crippen LogP contribution >= 0.6 is 0 Å². The minimum Gasteiger partial charge on any atom is -0.449 e.